The van der Waals surface area contributed by atoms with Crippen molar-refractivity contribution in [3.8, 4) is 39.4 Å². The first-order valence-corrected chi connectivity index (χ1v) is 17.4. The normalized spacial score (nSPS) is 14.9. The van der Waals surface area contributed by atoms with Crippen LogP contribution in [0, 0.1) is 0 Å². The van der Waals surface area contributed by atoms with Crippen molar-refractivity contribution in [2.75, 3.05) is 27.2 Å². The number of nitrogens with one attached hydrogen (secondary N) is 1. The summed E-state index contributed by atoms with van der Waals surface area (Å²) in [5, 5.41) is 28.0. The minimum absolute atomic E-state index is 0.0202. The van der Waals surface area contributed by atoms with Crippen molar-refractivity contribution in [2.45, 2.75) is 45.0 Å². The van der Waals surface area contributed by atoms with Crippen molar-refractivity contribution in [1.29, 1.82) is 0 Å². The van der Waals surface area contributed by atoms with Crippen molar-refractivity contribution in [3.63, 3.8) is 0 Å². The van der Waals surface area contributed by atoms with Gasteiger partial charge in [-0.15, -0.1) is 0 Å². The summed E-state index contributed by atoms with van der Waals surface area (Å²) in [7, 11) is 5.00. The number of rotatable bonds is 12. The molecule has 0 saturated carbocycles. The second kappa shape index (κ2) is 15.3. The number of methoxy groups -OCH3 is 1. The first kappa shape index (κ1) is 36.8. The number of hydrogen-bond acceptors (Lipinski definition) is 8. The predicted octanol–water partition coefficient (Wildman–Crippen LogP) is 5.32. The second-order valence-electron chi connectivity index (χ2n) is 13.1. The van der Waals surface area contributed by atoms with Crippen LogP contribution in [0.2, 0.25) is 10.0 Å². The van der Waals surface area contributed by atoms with E-state index >= 15 is 0 Å². The largest absolute Gasteiger partial charge is 0.481 e. The van der Waals surface area contributed by atoms with E-state index in [0.717, 1.165) is 0 Å². The molecule has 1 aliphatic rings. The molecule has 4 heterocycles. The van der Waals surface area contributed by atoms with Gasteiger partial charge in [-0.2, -0.15) is 5.10 Å². The van der Waals surface area contributed by atoms with E-state index in [1.54, 1.807) is 42.9 Å². The summed E-state index contributed by atoms with van der Waals surface area (Å²) in [6.07, 6.45) is 1.08. The van der Waals surface area contributed by atoms with Crippen molar-refractivity contribution in [1.82, 2.24) is 34.3 Å². The lowest BCUT2D eigenvalue weighted by molar-refractivity contribution is -0.119. The molecule has 2 aromatic carbocycles. The highest BCUT2D eigenvalue weighted by Crippen LogP contribution is 2.42. The van der Waals surface area contributed by atoms with E-state index in [4.69, 9.17) is 38.0 Å². The highest BCUT2D eigenvalue weighted by atomic mass is 35.5. The lowest BCUT2D eigenvalue weighted by Crippen LogP contribution is -2.41. The number of hydrogen-bond donors (Lipinski definition) is 3. The first-order chi connectivity index (χ1) is 24.8. The summed E-state index contributed by atoms with van der Waals surface area (Å²) in [6, 6.07) is 16.2. The van der Waals surface area contributed by atoms with E-state index in [0.29, 0.717) is 86.4 Å². The Hall–Kier alpha value is -4.95. The van der Waals surface area contributed by atoms with Gasteiger partial charge in [-0.3, -0.25) is 19.1 Å². The molecule has 1 saturated heterocycles. The lowest BCUT2D eigenvalue weighted by atomic mass is 9.97. The molecule has 0 bridgehead atoms. The quantitative estimate of drug-likeness (QED) is 0.154. The number of carbonyl (C=O) groups is 2. The van der Waals surface area contributed by atoms with Gasteiger partial charge in [0.15, 0.2) is 0 Å². The van der Waals surface area contributed by atoms with E-state index in [1.807, 2.05) is 48.3 Å². The summed E-state index contributed by atoms with van der Waals surface area (Å²) >= 11 is 14.2. The number of aromatic nitrogens is 4. The Labute approximate surface area is 310 Å². The minimum atomic E-state index is -1.11. The molecule has 1 aliphatic heterocycles. The number of fused-ring (bicyclic) bond motifs is 1. The zero-order chi connectivity index (χ0) is 37.3. The number of benzene rings is 2. The first-order valence-electron chi connectivity index (χ1n) is 16.7. The smallest absolute Gasteiger partial charge is 0.407 e. The maximum absolute atomic E-state index is 13.3. The number of ether oxygens (including phenoxy) is 1. The fourth-order valence-corrected chi connectivity index (χ4v) is 7.19. The SMILES string of the molecule is COc1nc(-c2cccc(-c3cccc(-c4cc5c(=O)n(C)c(CN(C)CC(C)O)nn5c4)c3Cl)c2Cl)ccc1CN(CC1CCC(=O)N1)C(=O)O. The third kappa shape index (κ3) is 7.63. The van der Waals surface area contributed by atoms with E-state index in [1.165, 1.54) is 16.6 Å². The molecule has 1 fully saturated rings. The standard InChI is InChI=1S/C37H39Cl2N7O6/c1-21(47)16-43(2)20-31-42-46-18-23(15-30(46)36(49)44(31)3)25-7-5-8-26(33(25)38)27-9-6-10-28(34(27)39)29-13-11-22(35(41-29)52-4)17-45(37(50)51)19-24-12-14-32(48)40-24/h5-11,13,15,18,21,24,47H,12,14,16-17,19-20H2,1-4H3,(H,40,48)(H,50,51). The summed E-state index contributed by atoms with van der Waals surface area (Å²) in [4.78, 5) is 44.9. The minimum Gasteiger partial charge on any atom is -0.481 e. The van der Waals surface area contributed by atoms with Gasteiger partial charge in [-0.05, 0) is 38.6 Å². The highest BCUT2D eigenvalue weighted by molar-refractivity contribution is 6.39. The number of likely N-dealkylation sites (N-methyl/N-ethyl adjacent to an activating group) is 1. The van der Waals surface area contributed by atoms with Gasteiger partial charge in [0.2, 0.25) is 11.8 Å². The molecule has 2 amide bonds. The van der Waals surface area contributed by atoms with Crippen LogP contribution in [0.3, 0.4) is 0 Å². The lowest BCUT2D eigenvalue weighted by Gasteiger charge is -2.23. The maximum atomic E-state index is 13.3. The number of nitrogens with zero attached hydrogens (tertiary/aromatic N) is 6. The van der Waals surface area contributed by atoms with Crippen LogP contribution in [-0.2, 0) is 24.9 Å². The molecule has 272 valence electrons. The van der Waals surface area contributed by atoms with Crippen molar-refractivity contribution >= 4 is 40.7 Å². The molecule has 6 rings (SSSR count). The molecule has 0 spiro atoms. The fraction of sp³-hybridized carbons (Fsp3) is 0.324. The van der Waals surface area contributed by atoms with Gasteiger partial charge in [0.25, 0.3) is 5.56 Å². The Bertz CT molecular complexity index is 2220. The van der Waals surface area contributed by atoms with Crippen LogP contribution < -0.4 is 15.6 Å². The van der Waals surface area contributed by atoms with Gasteiger partial charge in [0.1, 0.15) is 11.3 Å². The zero-order valence-electron chi connectivity index (χ0n) is 29.1. The Morgan fingerprint density at radius 1 is 1.06 bits per heavy atom. The summed E-state index contributed by atoms with van der Waals surface area (Å²) in [6.45, 7) is 2.68. The van der Waals surface area contributed by atoms with E-state index in [2.05, 4.69) is 5.32 Å². The second-order valence-corrected chi connectivity index (χ2v) is 13.8. The van der Waals surface area contributed by atoms with Gasteiger partial charge in [-0.1, -0.05) is 59.6 Å². The Morgan fingerprint density at radius 2 is 1.73 bits per heavy atom. The molecule has 2 atom stereocenters. The molecule has 2 unspecified atom stereocenters. The zero-order valence-corrected chi connectivity index (χ0v) is 30.6. The molecule has 13 nitrogen and oxygen atoms in total. The number of carbonyl (C=O) groups excluding carboxylic acids is 1. The third-order valence-electron chi connectivity index (χ3n) is 9.09. The third-order valence-corrected chi connectivity index (χ3v) is 9.90. The monoisotopic (exact) mass is 747 g/mol. The number of carboxylic acid groups (broad SMARTS) is 1. The average Bonchev–Trinajstić information content (AvgIpc) is 3.72. The van der Waals surface area contributed by atoms with Gasteiger partial charge < -0.3 is 25.2 Å². The summed E-state index contributed by atoms with van der Waals surface area (Å²) in [5.74, 6) is 0.707. The van der Waals surface area contributed by atoms with Crippen molar-refractivity contribution in [3.05, 3.63) is 92.6 Å². The fourth-order valence-electron chi connectivity index (χ4n) is 6.53. The Balaban J connectivity index is 1.30. The molecular formula is C37H39Cl2N7O6. The Morgan fingerprint density at radius 3 is 2.37 bits per heavy atom. The van der Waals surface area contributed by atoms with Gasteiger partial charge in [-0.25, -0.2) is 14.3 Å². The molecular weight excluding hydrogens is 709 g/mol. The summed E-state index contributed by atoms with van der Waals surface area (Å²) < 4.78 is 8.66. The molecule has 0 radical (unpaired) electrons. The number of halogens is 2. The molecule has 3 aromatic heterocycles. The summed E-state index contributed by atoms with van der Waals surface area (Å²) in [5.41, 5.74) is 4.58. The van der Waals surface area contributed by atoms with Crippen LogP contribution in [0.1, 0.15) is 31.2 Å². The highest BCUT2D eigenvalue weighted by Gasteiger charge is 2.26. The topological polar surface area (TPSA) is 155 Å². The van der Waals surface area contributed by atoms with Crippen LogP contribution in [-0.4, -0.2) is 90.6 Å². The van der Waals surface area contributed by atoms with Crippen LogP contribution in [0.5, 0.6) is 5.88 Å². The van der Waals surface area contributed by atoms with Gasteiger partial charge >= 0.3 is 6.09 Å². The van der Waals surface area contributed by atoms with Crippen LogP contribution in [0.25, 0.3) is 39.0 Å². The molecule has 15 heteroatoms. The number of amides is 2. The van der Waals surface area contributed by atoms with Crippen LogP contribution >= 0.6 is 23.2 Å². The van der Waals surface area contributed by atoms with Crippen molar-refractivity contribution in [2.24, 2.45) is 7.05 Å². The maximum Gasteiger partial charge on any atom is 0.407 e. The van der Waals surface area contributed by atoms with E-state index in [9.17, 15) is 24.6 Å². The van der Waals surface area contributed by atoms with Crippen molar-refractivity contribution < 1.29 is 24.5 Å². The average molecular weight is 749 g/mol. The van der Waals surface area contributed by atoms with E-state index in [-0.39, 0.29) is 36.5 Å². The Kier molecular flexibility index (Phi) is 10.9. The van der Waals surface area contributed by atoms with Crippen LogP contribution in [0.4, 0.5) is 4.79 Å². The van der Waals surface area contributed by atoms with E-state index < -0.39 is 12.2 Å². The predicted molar refractivity (Wildman–Crippen MR) is 199 cm³/mol. The molecule has 5 aromatic rings. The van der Waals surface area contributed by atoms with Gasteiger partial charge in [0, 0.05) is 72.2 Å². The number of pyridine rings is 1. The van der Waals surface area contributed by atoms with Gasteiger partial charge in [0.05, 0.1) is 42.0 Å². The van der Waals surface area contributed by atoms with Crippen LogP contribution in [0.15, 0.2) is 65.6 Å². The number of aliphatic hydroxyl groups excluding tert-OH is 1. The number of aliphatic hydroxyl groups is 1. The molecule has 52 heavy (non-hydrogen) atoms. The molecule has 0 aliphatic carbocycles. The molecule has 3 N–H and O–H groups in total.